The first-order chi connectivity index (χ1) is 18.0. The van der Waals surface area contributed by atoms with Crippen molar-refractivity contribution in [1.29, 1.82) is 0 Å². The summed E-state index contributed by atoms with van der Waals surface area (Å²) in [7, 11) is 1.60. The SMILES string of the molecule is C=C(c1cc(OC)nc(-c2ccc(C(N)=O)cc2)c1)N1CCC2(CC1)CC(=O)c1nc(C(C)(C)C)sc1C2. The fourth-order valence-electron chi connectivity index (χ4n) is 5.35. The van der Waals surface area contributed by atoms with Crippen LogP contribution in [0.5, 0.6) is 5.88 Å². The van der Waals surface area contributed by atoms with Crippen molar-refractivity contribution in [2.24, 2.45) is 11.1 Å². The van der Waals surface area contributed by atoms with Gasteiger partial charge in [0.1, 0.15) is 5.69 Å². The van der Waals surface area contributed by atoms with Crippen LogP contribution >= 0.6 is 11.3 Å². The summed E-state index contributed by atoms with van der Waals surface area (Å²) in [6.07, 6.45) is 3.37. The maximum Gasteiger partial charge on any atom is 0.248 e. The van der Waals surface area contributed by atoms with Gasteiger partial charge in [0.05, 0.1) is 17.8 Å². The summed E-state index contributed by atoms with van der Waals surface area (Å²) < 4.78 is 5.49. The van der Waals surface area contributed by atoms with Crippen LogP contribution in [0.15, 0.2) is 43.0 Å². The fourth-order valence-corrected chi connectivity index (χ4v) is 6.67. The number of rotatable bonds is 5. The van der Waals surface area contributed by atoms with Crippen molar-refractivity contribution in [3.63, 3.8) is 0 Å². The van der Waals surface area contributed by atoms with E-state index in [9.17, 15) is 9.59 Å². The minimum Gasteiger partial charge on any atom is -0.481 e. The van der Waals surface area contributed by atoms with Gasteiger partial charge in [0.2, 0.25) is 11.8 Å². The molecular weight excluding hydrogens is 496 g/mol. The Bertz CT molecular complexity index is 1410. The highest BCUT2D eigenvalue weighted by Gasteiger charge is 2.43. The highest BCUT2D eigenvalue weighted by Crippen LogP contribution is 2.47. The van der Waals surface area contributed by atoms with Crippen LogP contribution in [0.2, 0.25) is 0 Å². The molecule has 2 aliphatic rings. The fraction of sp³-hybridized carbons (Fsp3) is 0.400. The molecule has 2 N–H and O–H groups in total. The van der Waals surface area contributed by atoms with Crippen molar-refractivity contribution in [2.75, 3.05) is 20.2 Å². The van der Waals surface area contributed by atoms with Crippen LogP contribution in [-0.2, 0) is 11.8 Å². The summed E-state index contributed by atoms with van der Waals surface area (Å²) in [4.78, 5) is 37.3. The Labute approximate surface area is 227 Å². The molecule has 1 spiro atoms. The lowest BCUT2D eigenvalue weighted by molar-refractivity contribution is 0.0766. The molecule has 198 valence electrons. The number of hydrogen-bond acceptors (Lipinski definition) is 7. The number of aromatic nitrogens is 2. The van der Waals surface area contributed by atoms with Gasteiger partial charge in [0.25, 0.3) is 0 Å². The minimum atomic E-state index is -0.465. The van der Waals surface area contributed by atoms with E-state index in [4.69, 9.17) is 15.5 Å². The number of likely N-dealkylation sites (tertiary alicyclic amines) is 1. The number of ether oxygens (including phenoxy) is 1. The van der Waals surface area contributed by atoms with Gasteiger partial charge in [-0.05, 0) is 42.9 Å². The topological polar surface area (TPSA) is 98.4 Å². The second-order valence-corrected chi connectivity index (χ2v) is 12.6. The van der Waals surface area contributed by atoms with Gasteiger partial charge < -0.3 is 15.4 Å². The smallest absolute Gasteiger partial charge is 0.248 e. The number of Topliss-reactive ketones (excluding diaryl/α,β-unsaturated/α-hetero) is 1. The van der Waals surface area contributed by atoms with Crippen LogP contribution in [0, 0.1) is 5.41 Å². The Kier molecular flexibility index (Phi) is 6.63. The third-order valence-corrected chi connectivity index (χ3v) is 9.17. The molecule has 0 bridgehead atoms. The Balaban J connectivity index is 1.33. The maximum absolute atomic E-state index is 13.1. The van der Waals surface area contributed by atoms with Gasteiger partial charge in [-0.1, -0.05) is 39.5 Å². The number of nitrogens with zero attached hydrogens (tertiary/aromatic N) is 3. The molecule has 5 rings (SSSR count). The molecule has 1 aromatic carbocycles. The third-order valence-electron chi connectivity index (χ3n) is 7.69. The van der Waals surface area contributed by atoms with Crippen LogP contribution in [0.4, 0.5) is 0 Å². The molecule has 0 saturated carbocycles. The van der Waals surface area contributed by atoms with Crippen molar-refractivity contribution in [1.82, 2.24) is 14.9 Å². The monoisotopic (exact) mass is 530 g/mol. The minimum absolute atomic E-state index is 0.00812. The molecular formula is C30H34N4O3S. The second-order valence-electron chi connectivity index (χ2n) is 11.5. The lowest BCUT2D eigenvalue weighted by Gasteiger charge is -2.44. The quantitative estimate of drug-likeness (QED) is 0.468. The molecule has 1 fully saturated rings. The Morgan fingerprint density at radius 3 is 2.37 bits per heavy atom. The summed E-state index contributed by atoms with van der Waals surface area (Å²) in [6, 6.07) is 10.9. The summed E-state index contributed by atoms with van der Waals surface area (Å²) in [6.45, 7) is 12.5. The number of primary amides is 1. The third kappa shape index (κ3) is 4.97. The number of carbonyl (C=O) groups is 2. The van der Waals surface area contributed by atoms with Gasteiger partial charge in [0.15, 0.2) is 5.78 Å². The van der Waals surface area contributed by atoms with Crippen molar-refractivity contribution >= 4 is 28.7 Å². The van der Waals surface area contributed by atoms with Crippen LogP contribution in [0.1, 0.15) is 76.3 Å². The molecule has 0 radical (unpaired) electrons. The van der Waals surface area contributed by atoms with Gasteiger partial charge in [-0.2, -0.15) is 0 Å². The van der Waals surface area contributed by atoms with E-state index in [2.05, 4.69) is 37.2 Å². The van der Waals surface area contributed by atoms with Gasteiger partial charge in [-0.25, -0.2) is 9.97 Å². The van der Waals surface area contributed by atoms with E-state index in [0.29, 0.717) is 23.6 Å². The van der Waals surface area contributed by atoms with E-state index in [1.165, 1.54) is 0 Å². The number of amides is 1. The normalized spacial score (nSPS) is 16.8. The molecule has 7 nitrogen and oxygen atoms in total. The van der Waals surface area contributed by atoms with E-state index in [0.717, 1.165) is 64.8 Å². The molecule has 1 amide bonds. The number of carbonyl (C=O) groups excluding carboxylic acids is 2. The molecule has 8 heteroatoms. The zero-order chi connectivity index (χ0) is 27.2. The molecule has 1 aliphatic carbocycles. The molecule has 3 aromatic rings. The van der Waals surface area contributed by atoms with E-state index in [1.807, 2.05) is 24.3 Å². The summed E-state index contributed by atoms with van der Waals surface area (Å²) >= 11 is 1.71. The van der Waals surface area contributed by atoms with Crippen LogP contribution in [-0.4, -0.2) is 46.8 Å². The number of nitrogens with two attached hydrogens (primary N) is 1. The number of ketones is 1. The van der Waals surface area contributed by atoms with E-state index >= 15 is 0 Å². The maximum atomic E-state index is 13.1. The lowest BCUT2D eigenvalue weighted by Crippen LogP contribution is -2.43. The van der Waals surface area contributed by atoms with Gasteiger partial charge in [-0.3, -0.25) is 9.59 Å². The zero-order valence-electron chi connectivity index (χ0n) is 22.5. The molecule has 0 unspecified atom stereocenters. The van der Waals surface area contributed by atoms with Crippen LogP contribution < -0.4 is 10.5 Å². The predicted molar refractivity (Wildman–Crippen MR) is 150 cm³/mol. The number of methoxy groups -OCH3 is 1. The Morgan fingerprint density at radius 2 is 1.76 bits per heavy atom. The van der Waals surface area contributed by atoms with Crippen molar-refractivity contribution in [3.8, 4) is 17.1 Å². The highest BCUT2D eigenvalue weighted by molar-refractivity contribution is 7.12. The number of pyridine rings is 1. The lowest BCUT2D eigenvalue weighted by atomic mass is 9.68. The first kappa shape index (κ1) is 26.1. The number of thiazole rings is 1. The molecule has 1 aliphatic heterocycles. The molecule has 38 heavy (non-hydrogen) atoms. The highest BCUT2D eigenvalue weighted by atomic mass is 32.1. The van der Waals surface area contributed by atoms with Crippen LogP contribution in [0.3, 0.4) is 0 Å². The van der Waals surface area contributed by atoms with Crippen molar-refractivity contribution in [2.45, 2.75) is 51.9 Å². The van der Waals surface area contributed by atoms with E-state index < -0.39 is 5.91 Å². The molecule has 0 atom stereocenters. The average Bonchev–Trinajstić information content (AvgIpc) is 3.33. The second kappa shape index (κ2) is 9.66. The van der Waals surface area contributed by atoms with Crippen molar-refractivity contribution in [3.05, 3.63) is 69.7 Å². The summed E-state index contributed by atoms with van der Waals surface area (Å²) in [5.41, 5.74) is 9.91. The standard InChI is InChI=1S/C30H34N4O3S/c1-18(21-14-22(32-25(15-21)37-5)19-6-8-20(9-7-19)27(31)36)34-12-10-30(11-13-34)16-23(35)26-24(17-30)38-28(33-26)29(2,3)4/h6-9,14-15H,1,10-13,16-17H2,2-5H3,(H2,31,36). The van der Waals surface area contributed by atoms with E-state index in [-0.39, 0.29) is 16.6 Å². The zero-order valence-corrected chi connectivity index (χ0v) is 23.3. The number of fused-ring (bicyclic) bond motifs is 1. The molecule has 1 saturated heterocycles. The Hall–Kier alpha value is -3.52. The largest absolute Gasteiger partial charge is 0.481 e. The summed E-state index contributed by atoms with van der Waals surface area (Å²) in [5, 5.41) is 1.05. The molecule has 3 heterocycles. The Morgan fingerprint density at radius 1 is 1.08 bits per heavy atom. The van der Waals surface area contributed by atoms with Gasteiger partial charge in [0, 0.05) is 58.3 Å². The number of piperidine rings is 1. The van der Waals surface area contributed by atoms with Gasteiger partial charge in [-0.15, -0.1) is 11.3 Å². The predicted octanol–water partition coefficient (Wildman–Crippen LogP) is 5.49. The van der Waals surface area contributed by atoms with Crippen LogP contribution in [0.25, 0.3) is 17.0 Å². The number of hydrogen-bond donors (Lipinski definition) is 1. The molecule has 2 aromatic heterocycles. The van der Waals surface area contributed by atoms with Crippen molar-refractivity contribution < 1.29 is 14.3 Å². The summed E-state index contributed by atoms with van der Waals surface area (Å²) in [5.74, 6) is 0.223. The number of benzene rings is 1. The first-order valence-electron chi connectivity index (χ1n) is 12.9. The van der Waals surface area contributed by atoms with Gasteiger partial charge >= 0.3 is 0 Å². The first-order valence-corrected chi connectivity index (χ1v) is 13.7. The van der Waals surface area contributed by atoms with E-state index in [1.54, 1.807) is 30.6 Å². The average molecular weight is 531 g/mol.